The number of aliphatic hydroxyl groups is 1. The molecule has 4 nitrogen and oxygen atoms in total. The van der Waals surface area contributed by atoms with Gasteiger partial charge in [-0.15, -0.1) is 0 Å². The molecule has 0 spiro atoms. The van der Waals surface area contributed by atoms with E-state index in [-0.39, 0.29) is 12.8 Å². The summed E-state index contributed by atoms with van der Waals surface area (Å²) < 4.78 is 5.20. The first-order chi connectivity index (χ1) is 7.95. The summed E-state index contributed by atoms with van der Waals surface area (Å²) in [5.74, 6) is -0.308. The van der Waals surface area contributed by atoms with Gasteiger partial charge in [0.05, 0.1) is 13.2 Å². The van der Waals surface area contributed by atoms with Crippen LogP contribution in [-0.4, -0.2) is 23.3 Å². The zero-order valence-corrected chi connectivity index (χ0v) is 10.4. The monoisotopic (exact) mass is 238 g/mol. The van der Waals surface area contributed by atoms with E-state index in [0.29, 0.717) is 11.3 Å². The predicted molar refractivity (Wildman–Crippen MR) is 64.3 cm³/mol. The first-order valence-electron chi connectivity index (χ1n) is 5.50. The molecule has 0 radical (unpaired) electrons. The highest BCUT2D eigenvalue weighted by atomic mass is 16.5. The number of aliphatic hydroxyl groups excluding tert-OH is 1. The van der Waals surface area contributed by atoms with Crippen molar-refractivity contribution in [3.8, 4) is 5.75 Å². The van der Waals surface area contributed by atoms with Gasteiger partial charge in [0.25, 0.3) is 0 Å². The molecule has 0 aliphatic rings. The third-order valence-electron chi connectivity index (χ3n) is 2.84. The number of benzene rings is 1. The second-order valence-electron chi connectivity index (χ2n) is 4.13. The largest absolute Gasteiger partial charge is 0.496 e. The van der Waals surface area contributed by atoms with Crippen molar-refractivity contribution >= 4 is 5.97 Å². The molecule has 0 bridgehead atoms. The van der Waals surface area contributed by atoms with Crippen LogP contribution in [0.2, 0.25) is 0 Å². The Morgan fingerprint density at radius 2 is 1.94 bits per heavy atom. The van der Waals surface area contributed by atoms with E-state index in [9.17, 15) is 9.90 Å². The maximum absolute atomic E-state index is 10.5. The van der Waals surface area contributed by atoms with Gasteiger partial charge in [-0.3, -0.25) is 4.79 Å². The van der Waals surface area contributed by atoms with Gasteiger partial charge in [-0.05, 0) is 43.5 Å². The van der Waals surface area contributed by atoms with Crippen molar-refractivity contribution in [2.24, 2.45) is 0 Å². The molecule has 0 aromatic heterocycles. The number of aliphatic carboxylic acids is 1. The van der Waals surface area contributed by atoms with Gasteiger partial charge in [0.2, 0.25) is 0 Å². The molecule has 17 heavy (non-hydrogen) atoms. The molecule has 1 aromatic carbocycles. The maximum atomic E-state index is 10.5. The number of rotatable bonds is 5. The number of carbonyl (C=O) groups is 1. The number of ether oxygens (including phenoxy) is 1. The maximum Gasteiger partial charge on any atom is 0.303 e. The molecular weight excluding hydrogens is 220 g/mol. The van der Waals surface area contributed by atoms with Crippen molar-refractivity contribution in [2.75, 3.05) is 7.11 Å². The normalized spacial score (nSPS) is 12.2. The van der Waals surface area contributed by atoms with E-state index in [1.165, 1.54) is 7.11 Å². The highest BCUT2D eigenvalue weighted by Gasteiger charge is 2.15. The van der Waals surface area contributed by atoms with Gasteiger partial charge < -0.3 is 14.9 Å². The van der Waals surface area contributed by atoms with Crippen molar-refractivity contribution in [1.29, 1.82) is 0 Å². The fraction of sp³-hybridized carbons (Fsp3) is 0.462. The topological polar surface area (TPSA) is 66.8 Å². The molecule has 2 N–H and O–H groups in total. The van der Waals surface area contributed by atoms with Crippen molar-refractivity contribution in [2.45, 2.75) is 32.8 Å². The third kappa shape index (κ3) is 3.46. The lowest BCUT2D eigenvalue weighted by molar-refractivity contribution is -0.137. The fourth-order valence-corrected chi connectivity index (χ4v) is 1.66. The smallest absolute Gasteiger partial charge is 0.303 e. The molecule has 1 atom stereocenters. The molecule has 1 rings (SSSR count). The Bertz CT molecular complexity index is 412. The highest BCUT2D eigenvalue weighted by Crippen LogP contribution is 2.30. The number of methoxy groups -OCH3 is 1. The van der Waals surface area contributed by atoms with Crippen molar-refractivity contribution in [3.63, 3.8) is 0 Å². The van der Waals surface area contributed by atoms with Crippen LogP contribution in [0.5, 0.6) is 5.75 Å². The van der Waals surface area contributed by atoms with Crippen LogP contribution in [0.25, 0.3) is 0 Å². The Kier molecular flexibility index (Phi) is 4.52. The van der Waals surface area contributed by atoms with Crippen LogP contribution in [0, 0.1) is 13.8 Å². The second kappa shape index (κ2) is 5.68. The van der Waals surface area contributed by atoms with Gasteiger partial charge in [0.1, 0.15) is 5.75 Å². The van der Waals surface area contributed by atoms with Gasteiger partial charge in [0.15, 0.2) is 0 Å². The Hall–Kier alpha value is -1.55. The molecule has 0 fully saturated rings. The summed E-state index contributed by atoms with van der Waals surface area (Å²) in [6, 6.07) is 3.70. The fourth-order valence-electron chi connectivity index (χ4n) is 1.66. The summed E-state index contributed by atoms with van der Waals surface area (Å²) in [5.41, 5.74) is 2.78. The minimum absolute atomic E-state index is 0.0583. The Morgan fingerprint density at radius 1 is 1.35 bits per heavy atom. The summed E-state index contributed by atoms with van der Waals surface area (Å²) in [7, 11) is 1.54. The number of hydrogen-bond acceptors (Lipinski definition) is 3. The van der Waals surface area contributed by atoms with Gasteiger partial charge in [-0.2, -0.15) is 0 Å². The Balaban J connectivity index is 2.95. The minimum atomic E-state index is -0.910. The lowest BCUT2D eigenvalue weighted by Gasteiger charge is -2.16. The van der Waals surface area contributed by atoms with Crippen LogP contribution in [0.4, 0.5) is 0 Å². The van der Waals surface area contributed by atoms with Crippen LogP contribution < -0.4 is 4.74 Å². The van der Waals surface area contributed by atoms with E-state index in [1.807, 2.05) is 26.0 Å². The van der Waals surface area contributed by atoms with Crippen LogP contribution >= 0.6 is 0 Å². The quantitative estimate of drug-likeness (QED) is 0.825. The van der Waals surface area contributed by atoms with E-state index < -0.39 is 12.1 Å². The zero-order valence-electron chi connectivity index (χ0n) is 10.4. The molecule has 0 saturated carbocycles. The lowest BCUT2D eigenvalue weighted by atomic mass is 9.98. The summed E-state index contributed by atoms with van der Waals surface area (Å²) in [4.78, 5) is 10.5. The zero-order chi connectivity index (χ0) is 13.0. The van der Waals surface area contributed by atoms with Crippen molar-refractivity contribution < 1.29 is 19.7 Å². The van der Waals surface area contributed by atoms with Gasteiger partial charge in [0, 0.05) is 12.0 Å². The lowest BCUT2D eigenvalue weighted by Crippen LogP contribution is -2.05. The standard InChI is InChI=1S/C13H18O4/c1-8-6-10(11(14)4-5-13(15)16)12(17-3)7-9(8)2/h6-7,11,14H,4-5H2,1-3H3,(H,15,16). The molecular formula is C13H18O4. The van der Waals surface area contributed by atoms with Gasteiger partial charge in [-0.1, -0.05) is 0 Å². The molecule has 0 amide bonds. The van der Waals surface area contributed by atoms with Crippen LogP contribution in [0.3, 0.4) is 0 Å². The average Bonchev–Trinajstić information content (AvgIpc) is 2.28. The van der Waals surface area contributed by atoms with E-state index in [4.69, 9.17) is 9.84 Å². The Morgan fingerprint density at radius 3 is 2.47 bits per heavy atom. The van der Waals surface area contributed by atoms with E-state index in [0.717, 1.165) is 11.1 Å². The third-order valence-corrected chi connectivity index (χ3v) is 2.84. The number of aryl methyl sites for hydroxylation is 2. The van der Waals surface area contributed by atoms with Crippen LogP contribution in [0.1, 0.15) is 35.6 Å². The first kappa shape index (κ1) is 13.5. The molecule has 0 aliphatic carbocycles. The van der Waals surface area contributed by atoms with E-state index in [2.05, 4.69) is 0 Å². The Labute approximate surface area is 101 Å². The molecule has 94 valence electrons. The number of carboxylic acid groups (broad SMARTS) is 1. The molecule has 0 saturated heterocycles. The number of carboxylic acids is 1. The highest BCUT2D eigenvalue weighted by molar-refractivity contribution is 5.66. The molecule has 0 aliphatic heterocycles. The summed E-state index contributed by atoms with van der Waals surface area (Å²) in [6.07, 6.45) is -0.675. The van der Waals surface area contributed by atoms with Crippen molar-refractivity contribution in [3.05, 3.63) is 28.8 Å². The van der Waals surface area contributed by atoms with Gasteiger partial charge >= 0.3 is 5.97 Å². The van der Waals surface area contributed by atoms with Crippen molar-refractivity contribution in [1.82, 2.24) is 0 Å². The summed E-state index contributed by atoms with van der Waals surface area (Å²) in [6.45, 7) is 3.91. The SMILES string of the molecule is COc1cc(C)c(C)cc1C(O)CCC(=O)O. The average molecular weight is 238 g/mol. The summed E-state index contributed by atoms with van der Waals surface area (Å²) >= 11 is 0. The second-order valence-corrected chi connectivity index (χ2v) is 4.13. The van der Waals surface area contributed by atoms with Crippen LogP contribution in [0.15, 0.2) is 12.1 Å². The van der Waals surface area contributed by atoms with E-state index in [1.54, 1.807) is 0 Å². The minimum Gasteiger partial charge on any atom is -0.496 e. The van der Waals surface area contributed by atoms with Crippen LogP contribution in [-0.2, 0) is 4.79 Å². The molecule has 4 heteroatoms. The van der Waals surface area contributed by atoms with Gasteiger partial charge in [-0.25, -0.2) is 0 Å². The molecule has 0 heterocycles. The summed E-state index contributed by atoms with van der Waals surface area (Å²) in [5, 5.41) is 18.5. The predicted octanol–water partition coefficient (Wildman–Crippen LogP) is 2.21. The number of hydrogen-bond donors (Lipinski definition) is 2. The molecule has 1 unspecified atom stereocenters. The molecule has 1 aromatic rings. The van der Waals surface area contributed by atoms with E-state index >= 15 is 0 Å². The first-order valence-corrected chi connectivity index (χ1v) is 5.50.